The summed E-state index contributed by atoms with van der Waals surface area (Å²) >= 11 is 9.54. The van der Waals surface area contributed by atoms with Crippen LogP contribution in [0.3, 0.4) is 0 Å². The number of hydrogen-bond acceptors (Lipinski definition) is 2. The summed E-state index contributed by atoms with van der Waals surface area (Å²) in [6.07, 6.45) is 1.70. The molecule has 0 spiro atoms. The molecule has 0 N–H and O–H groups in total. The molecular weight excluding hydrogens is 369 g/mol. The number of anilines is 1. The summed E-state index contributed by atoms with van der Waals surface area (Å²) in [5.41, 5.74) is 2.48. The summed E-state index contributed by atoms with van der Waals surface area (Å²) in [6, 6.07) is 11.2. The zero-order valence-electron chi connectivity index (χ0n) is 11.9. The summed E-state index contributed by atoms with van der Waals surface area (Å²) < 4.78 is 20.0. The number of fused-ring (bicyclic) bond motifs is 1. The van der Waals surface area contributed by atoms with E-state index in [0.29, 0.717) is 23.7 Å². The summed E-state index contributed by atoms with van der Waals surface area (Å²) in [5, 5.41) is 0.627. The Hall–Kier alpha value is -1.52. The van der Waals surface area contributed by atoms with Gasteiger partial charge in [0.1, 0.15) is 11.6 Å². The summed E-state index contributed by atoms with van der Waals surface area (Å²) in [7, 11) is 1.64. The lowest BCUT2D eigenvalue weighted by Gasteiger charge is -2.30. The monoisotopic (exact) mass is 381 g/mol. The van der Waals surface area contributed by atoms with Crippen LogP contribution < -0.4 is 9.64 Å². The Morgan fingerprint density at radius 2 is 2.00 bits per heavy atom. The van der Waals surface area contributed by atoms with Crippen molar-refractivity contribution in [2.45, 2.75) is 6.54 Å². The first-order chi connectivity index (χ1) is 10.6. The lowest BCUT2D eigenvalue weighted by molar-refractivity contribution is 0.414. The predicted molar refractivity (Wildman–Crippen MR) is 92.0 cm³/mol. The van der Waals surface area contributed by atoms with Crippen LogP contribution in [-0.4, -0.2) is 13.7 Å². The smallest absolute Gasteiger partial charge is 0.133 e. The SMILES string of the molecule is COc1ccc(CN2CC(Cl)=Cc3c(F)cc(Br)cc32)cc1. The Balaban J connectivity index is 1.93. The first kappa shape index (κ1) is 15.4. The average Bonchev–Trinajstić information content (AvgIpc) is 2.49. The number of hydrogen-bond donors (Lipinski definition) is 0. The zero-order valence-corrected chi connectivity index (χ0v) is 14.3. The van der Waals surface area contributed by atoms with Crippen molar-refractivity contribution in [2.75, 3.05) is 18.6 Å². The van der Waals surface area contributed by atoms with Crippen molar-refractivity contribution in [1.29, 1.82) is 0 Å². The van der Waals surface area contributed by atoms with Crippen molar-refractivity contribution in [2.24, 2.45) is 0 Å². The van der Waals surface area contributed by atoms with Gasteiger partial charge in [0.2, 0.25) is 0 Å². The fourth-order valence-electron chi connectivity index (χ4n) is 2.54. The van der Waals surface area contributed by atoms with Crippen LogP contribution in [0.5, 0.6) is 5.75 Å². The molecule has 1 aliphatic heterocycles. The summed E-state index contributed by atoms with van der Waals surface area (Å²) in [4.78, 5) is 2.06. The number of methoxy groups -OCH3 is 1. The van der Waals surface area contributed by atoms with Crippen LogP contribution in [0.4, 0.5) is 10.1 Å². The molecule has 0 fully saturated rings. The molecule has 1 heterocycles. The molecule has 22 heavy (non-hydrogen) atoms. The van der Waals surface area contributed by atoms with E-state index >= 15 is 0 Å². The summed E-state index contributed by atoms with van der Waals surface area (Å²) in [5.74, 6) is 0.538. The Morgan fingerprint density at radius 3 is 2.68 bits per heavy atom. The largest absolute Gasteiger partial charge is 0.497 e. The standard InChI is InChI=1S/C17H14BrClFNO/c1-22-14-4-2-11(3-5-14)9-21-10-13(19)8-15-16(20)6-12(18)7-17(15)21/h2-8H,9-10H2,1H3. The van der Waals surface area contributed by atoms with Crippen LogP contribution in [0.25, 0.3) is 6.08 Å². The van der Waals surface area contributed by atoms with Gasteiger partial charge in [0.25, 0.3) is 0 Å². The van der Waals surface area contributed by atoms with Crippen molar-refractivity contribution in [1.82, 2.24) is 0 Å². The van der Waals surface area contributed by atoms with E-state index in [1.165, 1.54) is 6.07 Å². The highest BCUT2D eigenvalue weighted by Gasteiger charge is 2.21. The number of ether oxygens (including phenoxy) is 1. The molecule has 0 aliphatic carbocycles. The fraction of sp³-hybridized carbons (Fsp3) is 0.176. The molecule has 0 amide bonds. The quantitative estimate of drug-likeness (QED) is 0.724. The van der Waals surface area contributed by atoms with E-state index in [4.69, 9.17) is 16.3 Å². The van der Waals surface area contributed by atoms with Crippen molar-refractivity contribution in [3.63, 3.8) is 0 Å². The van der Waals surface area contributed by atoms with Crippen molar-refractivity contribution in [3.8, 4) is 5.75 Å². The van der Waals surface area contributed by atoms with Gasteiger partial charge in [-0.25, -0.2) is 4.39 Å². The second-order valence-electron chi connectivity index (χ2n) is 5.12. The molecule has 0 bridgehead atoms. The lowest BCUT2D eigenvalue weighted by Crippen LogP contribution is -2.27. The van der Waals surface area contributed by atoms with Crippen molar-refractivity contribution < 1.29 is 9.13 Å². The van der Waals surface area contributed by atoms with Gasteiger partial charge in [-0.05, 0) is 35.9 Å². The van der Waals surface area contributed by atoms with Gasteiger partial charge in [-0.1, -0.05) is 39.7 Å². The van der Waals surface area contributed by atoms with Gasteiger partial charge in [0, 0.05) is 27.3 Å². The van der Waals surface area contributed by atoms with E-state index in [0.717, 1.165) is 21.5 Å². The Labute approximate surface area is 142 Å². The Kier molecular flexibility index (Phi) is 4.41. The minimum absolute atomic E-state index is 0.276. The third-order valence-corrected chi connectivity index (χ3v) is 4.27. The predicted octanol–water partition coefficient (Wildman–Crippen LogP) is 5.20. The van der Waals surface area contributed by atoms with Crippen molar-refractivity contribution >= 4 is 39.3 Å². The van der Waals surface area contributed by atoms with Crippen LogP contribution in [0, 0.1) is 5.82 Å². The third kappa shape index (κ3) is 3.13. The number of benzene rings is 2. The highest BCUT2D eigenvalue weighted by molar-refractivity contribution is 9.10. The second-order valence-corrected chi connectivity index (χ2v) is 6.52. The van der Waals surface area contributed by atoms with E-state index in [1.807, 2.05) is 30.3 Å². The van der Waals surface area contributed by atoms with Crippen LogP contribution in [0.15, 0.2) is 45.9 Å². The maximum absolute atomic E-state index is 14.1. The van der Waals surface area contributed by atoms with Crippen LogP contribution in [-0.2, 0) is 6.54 Å². The minimum Gasteiger partial charge on any atom is -0.497 e. The minimum atomic E-state index is -0.276. The molecule has 1 aliphatic rings. The molecule has 0 aromatic heterocycles. The molecule has 5 heteroatoms. The Bertz CT molecular complexity index is 730. The number of nitrogens with zero attached hydrogens (tertiary/aromatic N) is 1. The van der Waals surface area contributed by atoms with Gasteiger partial charge >= 0.3 is 0 Å². The molecule has 0 atom stereocenters. The zero-order chi connectivity index (χ0) is 15.7. The molecule has 0 unspecified atom stereocenters. The van der Waals surface area contributed by atoms with Crippen LogP contribution in [0.2, 0.25) is 0 Å². The molecule has 3 rings (SSSR count). The molecular formula is C17H14BrClFNO. The molecule has 114 valence electrons. The van der Waals surface area contributed by atoms with Gasteiger partial charge < -0.3 is 9.64 Å². The van der Waals surface area contributed by atoms with E-state index in [-0.39, 0.29) is 5.82 Å². The van der Waals surface area contributed by atoms with Crippen LogP contribution in [0.1, 0.15) is 11.1 Å². The van der Waals surface area contributed by atoms with E-state index in [2.05, 4.69) is 20.8 Å². The Morgan fingerprint density at radius 1 is 1.27 bits per heavy atom. The van der Waals surface area contributed by atoms with Crippen LogP contribution >= 0.6 is 27.5 Å². The fourth-order valence-corrected chi connectivity index (χ4v) is 3.21. The molecule has 0 saturated carbocycles. The van der Waals surface area contributed by atoms with Gasteiger partial charge in [0.05, 0.1) is 13.7 Å². The van der Waals surface area contributed by atoms with E-state index < -0.39 is 0 Å². The highest BCUT2D eigenvalue weighted by atomic mass is 79.9. The normalized spacial score (nSPS) is 13.6. The molecule has 2 aromatic rings. The maximum Gasteiger partial charge on any atom is 0.133 e. The van der Waals surface area contributed by atoms with Crippen molar-refractivity contribution in [3.05, 3.63) is 62.8 Å². The van der Waals surface area contributed by atoms with Gasteiger partial charge in [-0.15, -0.1) is 0 Å². The average molecular weight is 383 g/mol. The third-order valence-electron chi connectivity index (χ3n) is 3.59. The highest BCUT2D eigenvalue weighted by Crippen LogP contribution is 2.35. The van der Waals surface area contributed by atoms with E-state index in [1.54, 1.807) is 13.2 Å². The lowest BCUT2D eigenvalue weighted by atomic mass is 10.1. The number of rotatable bonds is 3. The number of halogens is 3. The van der Waals surface area contributed by atoms with Gasteiger partial charge in [-0.3, -0.25) is 0 Å². The van der Waals surface area contributed by atoms with E-state index in [9.17, 15) is 4.39 Å². The topological polar surface area (TPSA) is 12.5 Å². The maximum atomic E-state index is 14.1. The molecule has 0 saturated heterocycles. The molecule has 2 nitrogen and oxygen atoms in total. The first-order valence-electron chi connectivity index (χ1n) is 6.80. The second kappa shape index (κ2) is 6.31. The van der Waals surface area contributed by atoms with Gasteiger partial charge in [-0.2, -0.15) is 0 Å². The molecule has 2 aromatic carbocycles. The molecule has 0 radical (unpaired) electrons. The summed E-state index contributed by atoms with van der Waals surface area (Å²) in [6.45, 7) is 1.22. The van der Waals surface area contributed by atoms with Gasteiger partial charge in [0.15, 0.2) is 0 Å². The first-order valence-corrected chi connectivity index (χ1v) is 7.97.